The Morgan fingerprint density at radius 2 is 1.36 bits per heavy atom. The zero-order valence-corrected chi connectivity index (χ0v) is 15.4. The van der Waals surface area contributed by atoms with Crippen molar-refractivity contribution in [2.45, 2.75) is 111 Å². The fourth-order valence-electron chi connectivity index (χ4n) is 3.32. The molecule has 1 aromatic heterocycles. The van der Waals surface area contributed by atoms with Crippen molar-refractivity contribution < 1.29 is 4.57 Å². The molecule has 0 amide bonds. The molecule has 0 saturated carbocycles. The SMILES string of the molecule is CCCCCCCCCCCCn1cc[n+](CCC)c1CC. The molecule has 0 fully saturated rings. The van der Waals surface area contributed by atoms with Crippen molar-refractivity contribution >= 4 is 0 Å². The van der Waals surface area contributed by atoms with Crippen LogP contribution in [0.25, 0.3) is 0 Å². The van der Waals surface area contributed by atoms with E-state index in [1.807, 2.05) is 0 Å². The first-order chi connectivity index (χ1) is 10.8. The minimum absolute atomic E-state index is 1.14. The number of rotatable bonds is 14. The standard InChI is InChI=1S/C20H39N2/c1-4-7-8-9-10-11-12-13-14-15-17-22-19-18-21(16-5-2)20(22)6-3/h18-19H,4-17H2,1-3H3/q+1. The van der Waals surface area contributed by atoms with Crippen LogP contribution in [0.5, 0.6) is 0 Å². The molecule has 2 heteroatoms. The third kappa shape index (κ3) is 7.47. The maximum atomic E-state index is 2.47. The molecule has 0 atom stereocenters. The molecule has 1 heterocycles. The van der Waals surface area contributed by atoms with Crippen molar-refractivity contribution in [2.24, 2.45) is 0 Å². The van der Waals surface area contributed by atoms with E-state index >= 15 is 0 Å². The number of hydrogen-bond acceptors (Lipinski definition) is 0. The van der Waals surface area contributed by atoms with Crippen LogP contribution < -0.4 is 4.57 Å². The number of aryl methyl sites for hydroxylation is 2. The molecule has 0 saturated heterocycles. The number of aromatic nitrogens is 2. The van der Waals surface area contributed by atoms with E-state index in [1.54, 1.807) is 0 Å². The van der Waals surface area contributed by atoms with Gasteiger partial charge in [-0.1, -0.05) is 72.1 Å². The number of hydrogen-bond donors (Lipinski definition) is 0. The normalized spacial score (nSPS) is 11.2. The average Bonchev–Trinajstić information content (AvgIpc) is 2.91. The molecule has 128 valence electrons. The molecule has 0 aromatic carbocycles. The molecule has 2 nitrogen and oxygen atoms in total. The second kappa shape index (κ2) is 12.7. The molecule has 1 rings (SSSR count). The summed E-state index contributed by atoms with van der Waals surface area (Å²) < 4.78 is 4.90. The summed E-state index contributed by atoms with van der Waals surface area (Å²) in [5.74, 6) is 1.50. The van der Waals surface area contributed by atoms with Crippen molar-refractivity contribution in [3.05, 3.63) is 18.2 Å². The van der Waals surface area contributed by atoms with E-state index in [0.717, 1.165) is 13.0 Å². The van der Waals surface area contributed by atoms with Crippen LogP contribution >= 0.6 is 0 Å². The van der Waals surface area contributed by atoms with E-state index in [9.17, 15) is 0 Å². The summed E-state index contributed by atoms with van der Waals surface area (Å²) in [6, 6.07) is 0. The smallest absolute Gasteiger partial charge is 0.234 e. The second-order valence-corrected chi connectivity index (χ2v) is 6.64. The summed E-state index contributed by atoms with van der Waals surface area (Å²) in [5.41, 5.74) is 0. The summed E-state index contributed by atoms with van der Waals surface area (Å²) in [5, 5.41) is 0. The Kier molecular flexibility index (Phi) is 11.1. The summed E-state index contributed by atoms with van der Waals surface area (Å²) in [6.07, 6.45) is 21.1. The molecule has 0 aliphatic heterocycles. The van der Waals surface area contributed by atoms with Crippen molar-refractivity contribution in [2.75, 3.05) is 0 Å². The van der Waals surface area contributed by atoms with Gasteiger partial charge in [0.25, 0.3) is 5.82 Å². The lowest BCUT2D eigenvalue weighted by molar-refractivity contribution is -0.703. The molecule has 0 unspecified atom stereocenters. The first kappa shape index (κ1) is 19.3. The van der Waals surface area contributed by atoms with Crippen LogP contribution in [0.1, 0.15) is 97.2 Å². The predicted molar refractivity (Wildman–Crippen MR) is 96.1 cm³/mol. The number of unbranched alkanes of at least 4 members (excludes halogenated alkanes) is 9. The lowest BCUT2D eigenvalue weighted by Crippen LogP contribution is -2.36. The molecular weight excluding hydrogens is 268 g/mol. The second-order valence-electron chi connectivity index (χ2n) is 6.64. The van der Waals surface area contributed by atoms with Gasteiger partial charge in [0.2, 0.25) is 0 Å². The Balaban J connectivity index is 2.07. The van der Waals surface area contributed by atoms with Crippen LogP contribution in [0.3, 0.4) is 0 Å². The first-order valence-corrected chi connectivity index (χ1v) is 9.90. The Bertz CT molecular complexity index is 368. The fourth-order valence-corrected chi connectivity index (χ4v) is 3.32. The maximum Gasteiger partial charge on any atom is 0.256 e. The molecule has 0 radical (unpaired) electrons. The lowest BCUT2D eigenvalue weighted by atomic mass is 10.1. The molecule has 22 heavy (non-hydrogen) atoms. The van der Waals surface area contributed by atoms with Gasteiger partial charge < -0.3 is 0 Å². The first-order valence-electron chi connectivity index (χ1n) is 9.90. The highest BCUT2D eigenvalue weighted by Gasteiger charge is 2.13. The minimum atomic E-state index is 1.14. The van der Waals surface area contributed by atoms with Gasteiger partial charge in [0, 0.05) is 6.42 Å². The van der Waals surface area contributed by atoms with Gasteiger partial charge in [-0.15, -0.1) is 0 Å². The van der Waals surface area contributed by atoms with Crippen molar-refractivity contribution in [3.63, 3.8) is 0 Å². The van der Waals surface area contributed by atoms with E-state index in [1.165, 1.54) is 83.0 Å². The number of nitrogens with zero attached hydrogens (tertiary/aromatic N) is 2. The van der Waals surface area contributed by atoms with Crippen LogP contribution in [-0.2, 0) is 19.5 Å². The summed E-state index contributed by atoms with van der Waals surface area (Å²) in [6.45, 7) is 9.19. The number of imidazole rings is 1. The maximum absolute atomic E-state index is 2.47. The lowest BCUT2D eigenvalue weighted by Gasteiger charge is -2.04. The average molecular weight is 308 g/mol. The van der Waals surface area contributed by atoms with Crippen molar-refractivity contribution in [3.8, 4) is 0 Å². The van der Waals surface area contributed by atoms with Gasteiger partial charge in [0.1, 0.15) is 12.4 Å². The predicted octanol–water partition coefficient (Wildman–Crippen LogP) is 5.67. The largest absolute Gasteiger partial charge is 0.256 e. The van der Waals surface area contributed by atoms with Crippen molar-refractivity contribution in [1.82, 2.24) is 4.57 Å². The van der Waals surface area contributed by atoms with E-state index in [-0.39, 0.29) is 0 Å². The van der Waals surface area contributed by atoms with Gasteiger partial charge in [-0.05, 0) is 19.3 Å². The van der Waals surface area contributed by atoms with Gasteiger partial charge in [0.05, 0.1) is 13.1 Å². The Morgan fingerprint density at radius 3 is 1.91 bits per heavy atom. The van der Waals surface area contributed by atoms with E-state index in [0.29, 0.717) is 0 Å². The van der Waals surface area contributed by atoms with E-state index < -0.39 is 0 Å². The minimum Gasteiger partial charge on any atom is -0.234 e. The zero-order valence-electron chi connectivity index (χ0n) is 15.4. The Hall–Kier alpha value is -0.790. The van der Waals surface area contributed by atoms with Crippen LogP contribution in [-0.4, -0.2) is 4.57 Å². The highest BCUT2D eigenvalue weighted by Crippen LogP contribution is 2.11. The van der Waals surface area contributed by atoms with E-state index in [2.05, 4.69) is 42.3 Å². The van der Waals surface area contributed by atoms with E-state index in [4.69, 9.17) is 0 Å². The molecule has 0 spiro atoms. The van der Waals surface area contributed by atoms with Crippen molar-refractivity contribution in [1.29, 1.82) is 0 Å². The molecule has 0 aliphatic carbocycles. The molecule has 0 aliphatic rings. The third-order valence-corrected chi connectivity index (χ3v) is 4.62. The monoisotopic (exact) mass is 307 g/mol. The molecule has 1 aromatic rings. The molecule has 0 bridgehead atoms. The topological polar surface area (TPSA) is 8.81 Å². The van der Waals surface area contributed by atoms with Gasteiger partial charge in [-0.25, -0.2) is 9.13 Å². The Morgan fingerprint density at radius 1 is 0.773 bits per heavy atom. The zero-order chi connectivity index (χ0) is 16.0. The van der Waals surface area contributed by atoms with Gasteiger partial charge in [0.15, 0.2) is 0 Å². The van der Waals surface area contributed by atoms with Crippen LogP contribution in [0, 0.1) is 0 Å². The fraction of sp³-hybridized carbons (Fsp3) is 0.850. The molecule has 0 N–H and O–H groups in total. The molecular formula is C20H39N2+. The van der Waals surface area contributed by atoms with Gasteiger partial charge in [-0.2, -0.15) is 0 Å². The highest BCUT2D eigenvalue weighted by atomic mass is 15.1. The highest BCUT2D eigenvalue weighted by molar-refractivity contribution is 4.82. The third-order valence-electron chi connectivity index (χ3n) is 4.62. The summed E-state index contributed by atoms with van der Waals surface area (Å²) in [7, 11) is 0. The quantitative estimate of drug-likeness (QED) is 0.309. The van der Waals surface area contributed by atoms with Gasteiger partial charge in [-0.3, -0.25) is 0 Å². The van der Waals surface area contributed by atoms with Crippen LogP contribution in [0.2, 0.25) is 0 Å². The summed E-state index contributed by atoms with van der Waals surface area (Å²) >= 11 is 0. The van der Waals surface area contributed by atoms with Crippen LogP contribution in [0.15, 0.2) is 12.4 Å². The Labute approximate surface area is 138 Å². The summed E-state index contributed by atoms with van der Waals surface area (Å²) in [4.78, 5) is 0. The van der Waals surface area contributed by atoms with Gasteiger partial charge >= 0.3 is 0 Å². The van der Waals surface area contributed by atoms with Crippen LogP contribution in [0.4, 0.5) is 0 Å².